The number of urea groups is 1. The number of oxazole rings is 1. The maximum Gasteiger partial charge on any atom is 0.387 e. The van der Waals surface area contributed by atoms with Crippen molar-refractivity contribution in [3.05, 3.63) is 29.7 Å². The minimum Gasteiger partial charge on any atom is -0.489 e. The number of aromatic nitrogens is 1. The Hall–Kier alpha value is -3.41. The summed E-state index contributed by atoms with van der Waals surface area (Å²) in [6.07, 6.45) is 2.06. The summed E-state index contributed by atoms with van der Waals surface area (Å²) in [5, 5.41) is 0. The molecule has 2 aliphatic rings. The molecule has 12 heteroatoms. The van der Waals surface area contributed by atoms with E-state index in [4.69, 9.17) is 14.9 Å². The van der Waals surface area contributed by atoms with Crippen LogP contribution in [-0.2, 0) is 0 Å². The zero-order valence-electron chi connectivity index (χ0n) is 21.4. The first-order valence-corrected chi connectivity index (χ1v) is 12.3. The fourth-order valence-corrected chi connectivity index (χ4v) is 4.19. The lowest BCUT2D eigenvalue weighted by molar-refractivity contribution is -0.0515. The van der Waals surface area contributed by atoms with Gasteiger partial charge in [0.1, 0.15) is 0 Å². The van der Waals surface area contributed by atoms with E-state index >= 15 is 0 Å². The molecule has 202 valence electrons. The molecule has 2 N–H and O–H groups in total. The minimum atomic E-state index is -3.00. The number of halogens is 2. The number of piperazine rings is 1. The lowest BCUT2D eigenvalue weighted by Gasteiger charge is -2.40. The number of benzene rings is 1. The molecule has 1 aliphatic carbocycles. The summed E-state index contributed by atoms with van der Waals surface area (Å²) < 4.78 is 42.0. The zero-order valence-corrected chi connectivity index (χ0v) is 21.4. The Morgan fingerprint density at radius 3 is 2.57 bits per heavy atom. The van der Waals surface area contributed by atoms with Crippen LogP contribution in [0.3, 0.4) is 0 Å². The molecule has 4 rings (SSSR count). The molecule has 1 aromatic heterocycles. The van der Waals surface area contributed by atoms with Crippen LogP contribution in [0.5, 0.6) is 11.5 Å². The SMILES string of the molecule is C[C@H](N)c1oc(-c2ccc(OC(F)F)c(OCC3CC3)c2)nc1C(=O)N1CCN(C(=O)N(C)C)[C@H](C)C1. The standard InChI is InChI=1S/C25H33F2N5O5/c1-14-12-31(9-10-32(14)25(34)30(3)4)23(33)20-21(15(2)28)37-22(29-20)17-7-8-18(36-24(26)27)19(11-17)35-13-16-5-6-16/h7-8,11,14-16,24H,5-6,9-10,12-13,28H2,1-4H3/t14-,15+/m1/s1. The third-order valence-corrected chi connectivity index (χ3v) is 6.39. The van der Waals surface area contributed by atoms with Crippen LogP contribution >= 0.6 is 0 Å². The molecule has 0 radical (unpaired) electrons. The van der Waals surface area contributed by atoms with Crippen LogP contribution in [0, 0.1) is 5.92 Å². The molecule has 1 saturated carbocycles. The Bertz CT molecular complexity index is 1130. The number of rotatable bonds is 8. The number of carbonyl (C=O) groups is 2. The molecule has 1 saturated heterocycles. The summed E-state index contributed by atoms with van der Waals surface area (Å²) in [5.74, 6) is 0.434. The molecule has 2 heterocycles. The van der Waals surface area contributed by atoms with E-state index in [9.17, 15) is 18.4 Å². The van der Waals surface area contributed by atoms with Crippen LogP contribution < -0.4 is 15.2 Å². The Labute approximate surface area is 214 Å². The molecule has 2 aromatic rings. The summed E-state index contributed by atoms with van der Waals surface area (Å²) in [4.78, 5) is 35.2. The maximum atomic E-state index is 13.5. The van der Waals surface area contributed by atoms with Crippen LogP contribution in [0.25, 0.3) is 11.5 Å². The van der Waals surface area contributed by atoms with Crippen molar-refractivity contribution in [1.29, 1.82) is 0 Å². The zero-order chi connectivity index (χ0) is 26.9. The maximum absolute atomic E-state index is 13.5. The molecular weight excluding hydrogens is 488 g/mol. The van der Waals surface area contributed by atoms with E-state index in [0.29, 0.717) is 37.7 Å². The first-order valence-electron chi connectivity index (χ1n) is 12.3. The summed E-state index contributed by atoms with van der Waals surface area (Å²) in [6, 6.07) is 3.47. The number of ether oxygens (including phenoxy) is 2. The fourth-order valence-electron chi connectivity index (χ4n) is 4.19. The molecule has 1 aromatic carbocycles. The molecule has 0 spiro atoms. The molecule has 2 fully saturated rings. The van der Waals surface area contributed by atoms with E-state index in [1.807, 2.05) is 6.92 Å². The third kappa shape index (κ3) is 6.12. The fraction of sp³-hybridized carbons (Fsp3) is 0.560. The van der Waals surface area contributed by atoms with E-state index < -0.39 is 12.7 Å². The van der Waals surface area contributed by atoms with Crippen LogP contribution in [0.1, 0.15) is 49.0 Å². The number of hydrogen-bond donors (Lipinski definition) is 1. The number of hydrogen-bond acceptors (Lipinski definition) is 7. The lowest BCUT2D eigenvalue weighted by atomic mass is 10.1. The summed E-state index contributed by atoms with van der Waals surface area (Å²) in [7, 11) is 3.37. The number of nitrogens with two attached hydrogens (primary N) is 1. The second-order valence-electron chi connectivity index (χ2n) is 9.79. The van der Waals surface area contributed by atoms with E-state index in [2.05, 4.69) is 9.72 Å². The average molecular weight is 522 g/mol. The highest BCUT2D eigenvalue weighted by molar-refractivity contribution is 5.94. The van der Waals surface area contributed by atoms with E-state index in [1.54, 1.807) is 30.8 Å². The second-order valence-corrected chi connectivity index (χ2v) is 9.79. The highest BCUT2D eigenvalue weighted by Crippen LogP contribution is 2.37. The van der Waals surface area contributed by atoms with Gasteiger partial charge in [-0.2, -0.15) is 8.78 Å². The van der Waals surface area contributed by atoms with Gasteiger partial charge in [-0.05, 0) is 50.8 Å². The average Bonchev–Trinajstić information content (AvgIpc) is 3.57. The van der Waals surface area contributed by atoms with Crippen LogP contribution in [-0.4, -0.2) is 84.6 Å². The topological polar surface area (TPSA) is 114 Å². The van der Waals surface area contributed by atoms with Crippen molar-refractivity contribution < 1.29 is 32.3 Å². The lowest BCUT2D eigenvalue weighted by Crippen LogP contribution is -2.57. The van der Waals surface area contributed by atoms with Crippen molar-refractivity contribution in [1.82, 2.24) is 19.7 Å². The highest BCUT2D eigenvalue weighted by Gasteiger charge is 2.34. The van der Waals surface area contributed by atoms with Crippen LogP contribution in [0.2, 0.25) is 0 Å². The van der Waals surface area contributed by atoms with Gasteiger partial charge in [-0.3, -0.25) is 4.79 Å². The summed E-state index contributed by atoms with van der Waals surface area (Å²) >= 11 is 0. The smallest absolute Gasteiger partial charge is 0.387 e. The monoisotopic (exact) mass is 521 g/mol. The molecule has 0 bridgehead atoms. The number of nitrogens with zero attached hydrogens (tertiary/aromatic N) is 4. The Morgan fingerprint density at radius 2 is 1.97 bits per heavy atom. The predicted molar refractivity (Wildman–Crippen MR) is 131 cm³/mol. The van der Waals surface area contributed by atoms with Crippen molar-refractivity contribution in [2.45, 2.75) is 45.4 Å². The first kappa shape index (κ1) is 26.6. The van der Waals surface area contributed by atoms with Crippen molar-refractivity contribution in [2.24, 2.45) is 11.7 Å². The number of amides is 3. The third-order valence-electron chi connectivity index (χ3n) is 6.39. The van der Waals surface area contributed by atoms with Gasteiger partial charge in [0.25, 0.3) is 5.91 Å². The van der Waals surface area contributed by atoms with Crippen molar-refractivity contribution in [3.8, 4) is 23.0 Å². The van der Waals surface area contributed by atoms with Gasteiger partial charge < -0.3 is 34.3 Å². The van der Waals surface area contributed by atoms with Crippen molar-refractivity contribution >= 4 is 11.9 Å². The van der Waals surface area contributed by atoms with Gasteiger partial charge >= 0.3 is 12.6 Å². The van der Waals surface area contributed by atoms with Crippen molar-refractivity contribution in [2.75, 3.05) is 40.3 Å². The summed E-state index contributed by atoms with van der Waals surface area (Å²) in [6.45, 7) is 2.01. The van der Waals surface area contributed by atoms with Gasteiger partial charge in [-0.25, -0.2) is 9.78 Å². The van der Waals surface area contributed by atoms with Gasteiger partial charge in [0.2, 0.25) is 5.89 Å². The quantitative estimate of drug-likeness (QED) is 0.565. The molecule has 3 amide bonds. The summed E-state index contributed by atoms with van der Waals surface area (Å²) in [5.41, 5.74) is 6.62. The van der Waals surface area contributed by atoms with Gasteiger partial charge in [0, 0.05) is 45.3 Å². The molecule has 0 unspecified atom stereocenters. The number of alkyl halides is 2. The van der Waals surface area contributed by atoms with Gasteiger partial charge in [0.05, 0.1) is 12.6 Å². The molecule has 37 heavy (non-hydrogen) atoms. The minimum absolute atomic E-state index is 0.0814. The van der Waals surface area contributed by atoms with Crippen LogP contribution in [0.4, 0.5) is 13.6 Å². The number of carbonyl (C=O) groups excluding carboxylic acids is 2. The highest BCUT2D eigenvalue weighted by atomic mass is 19.3. The Morgan fingerprint density at radius 1 is 1.24 bits per heavy atom. The van der Waals surface area contributed by atoms with Gasteiger partial charge in [-0.15, -0.1) is 0 Å². The van der Waals surface area contributed by atoms with E-state index in [0.717, 1.165) is 12.8 Å². The van der Waals surface area contributed by atoms with E-state index in [-0.39, 0.29) is 46.8 Å². The van der Waals surface area contributed by atoms with Gasteiger partial charge in [-0.1, -0.05) is 0 Å². The Balaban J connectivity index is 1.58. The molecule has 10 nitrogen and oxygen atoms in total. The Kier molecular flexibility index (Phi) is 7.86. The normalized spacial score (nSPS) is 18.6. The molecule has 1 aliphatic heterocycles. The molecular formula is C25H33F2N5O5. The second kappa shape index (κ2) is 10.9. The van der Waals surface area contributed by atoms with Crippen LogP contribution in [0.15, 0.2) is 22.6 Å². The largest absolute Gasteiger partial charge is 0.489 e. The van der Waals surface area contributed by atoms with Gasteiger partial charge in [0.15, 0.2) is 23.0 Å². The predicted octanol–water partition coefficient (Wildman–Crippen LogP) is 3.58. The van der Waals surface area contributed by atoms with E-state index in [1.165, 1.54) is 23.1 Å². The van der Waals surface area contributed by atoms with Crippen molar-refractivity contribution in [3.63, 3.8) is 0 Å². The first-order chi connectivity index (χ1) is 17.5. The molecule has 2 atom stereocenters.